The Balaban J connectivity index is 1.81. The van der Waals surface area contributed by atoms with Crippen LogP contribution in [0, 0.1) is 10.1 Å². The Labute approximate surface area is 152 Å². The molecule has 1 atom stereocenters. The van der Waals surface area contributed by atoms with Gasteiger partial charge in [0.25, 0.3) is 12.9 Å². The zero-order valence-electron chi connectivity index (χ0n) is 13.7. The van der Waals surface area contributed by atoms with Crippen LogP contribution < -0.4 is 0 Å². The molecule has 14 heteroatoms. The third-order valence-electron chi connectivity index (χ3n) is 3.85. The van der Waals surface area contributed by atoms with E-state index in [0.29, 0.717) is 0 Å². The van der Waals surface area contributed by atoms with E-state index < -0.39 is 47.3 Å². The largest absolute Gasteiger partial charge is 0.454 e. The molecule has 0 saturated carbocycles. The number of aromatic nitrogens is 2. The number of hydrogen-bond acceptors (Lipinski definition) is 7. The normalized spacial score (nSPS) is 19.5. The summed E-state index contributed by atoms with van der Waals surface area (Å²) < 4.78 is 58.2. The maximum absolute atomic E-state index is 13.2. The molecule has 28 heavy (non-hydrogen) atoms. The molecule has 1 amide bonds. The summed E-state index contributed by atoms with van der Waals surface area (Å²) in [4.78, 5) is 22.3. The fraction of sp³-hybridized carbons (Fsp3) is 0.357. The van der Waals surface area contributed by atoms with Crippen molar-refractivity contribution < 1.29 is 36.8 Å². The molecule has 10 nitrogen and oxygen atoms in total. The molecule has 0 unspecified atom stereocenters. The Morgan fingerprint density at radius 3 is 2.68 bits per heavy atom. The van der Waals surface area contributed by atoms with Crippen molar-refractivity contribution in [2.75, 3.05) is 0 Å². The SMILES string of the molecule is O=C(c1ccc(Cn2cc([N+](=O)[O-])cn2)o1)N1N=C(C(F)F)C[C@@]1(O)C(F)F. The number of rotatable bonds is 6. The Kier molecular flexibility index (Phi) is 4.89. The topological polar surface area (TPSA) is 127 Å². The van der Waals surface area contributed by atoms with E-state index in [1.807, 2.05) is 0 Å². The van der Waals surface area contributed by atoms with Crippen molar-refractivity contribution >= 4 is 17.3 Å². The summed E-state index contributed by atoms with van der Waals surface area (Å²) in [6.07, 6.45) is -5.92. The summed E-state index contributed by atoms with van der Waals surface area (Å²) in [5.41, 5.74) is -4.57. The number of halogens is 4. The summed E-state index contributed by atoms with van der Waals surface area (Å²) in [5.74, 6) is -1.83. The predicted molar refractivity (Wildman–Crippen MR) is 81.9 cm³/mol. The van der Waals surface area contributed by atoms with Gasteiger partial charge in [-0.05, 0) is 12.1 Å². The highest BCUT2D eigenvalue weighted by Crippen LogP contribution is 2.34. The molecule has 3 heterocycles. The number of aliphatic hydroxyl groups is 1. The fourth-order valence-corrected chi connectivity index (χ4v) is 2.48. The Bertz CT molecular complexity index is 942. The second-order valence-electron chi connectivity index (χ2n) is 5.78. The van der Waals surface area contributed by atoms with E-state index in [-0.39, 0.29) is 23.0 Å². The van der Waals surface area contributed by atoms with Crippen LogP contribution >= 0.6 is 0 Å². The molecule has 0 aliphatic carbocycles. The van der Waals surface area contributed by atoms with Crippen LogP contribution in [0.4, 0.5) is 23.2 Å². The number of carbonyl (C=O) groups excluding carboxylic acids is 1. The Morgan fingerprint density at radius 2 is 2.11 bits per heavy atom. The van der Waals surface area contributed by atoms with Crippen LogP contribution in [0.2, 0.25) is 0 Å². The number of amides is 1. The van der Waals surface area contributed by atoms with Gasteiger partial charge in [0.1, 0.15) is 23.9 Å². The van der Waals surface area contributed by atoms with Crippen LogP contribution in [0.15, 0.2) is 34.0 Å². The highest BCUT2D eigenvalue weighted by atomic mass is 19.3. The molecule has 1 N–H and O–H groups in total. The summed E-state index contributed by atoms with van der Waals surface area (Å²) in [6, 6.07) is 2.33. The van der Waals surface area contributed by atoms with Crippen LogP contribution in [0.1, 0.15) is 22.7 Å². The van der Waals surface area contributed by atoms with E-state index in [1.165, 1.54) is 6.07 Å². The number of carbonyl (C=O) groups is 1. The zero-order chi connectivity index (χ0) is 20.6. The van der Waals surface area contributed by atoms with Crippen molar-refractivity contribution in [3.63, 3.8) is 0 Å². The van der Waals surface area contributed by atoms with E-state index in [9.17, 15) is 37.6 Å². The predicted octanol–water partition coefficient (Wildman–Crippen LogP) is 1.85. The van der Waals surface area contributed by atoms with Crippen molar-refractivity contribution in [3.05, 3.63) is 46.2 Å². The van der Waals surface area contributed by atoms with Gasteiger partial charge in [0.2, 0.25) is 5.72 Å². The minimum absolute atomic E-state index is 0.0687. The first kappa shape index (κ1) is 19.5. The van der Waals surface area contributed by atoms with Gasteiger partial charge in [0.05, 0.1) is 11.5 Å². The third-order valence-corrected chi connectivity index (χ3v) is 3.85. The van der Waals surface area contributed by atoms with E-state index >= 15 is 0 Å². The number of furan rings is 1. The van der Waals surface area contributed by atoms with Gasteiger partial charge in [-0.15, -0.1) is 0 Å². The molecule has 2 aromatic rings. The molecule has 0 aromatic carbocycles. The standard InChI is InChI=1S/C14H11F4N5O5/c15-11(16)9-3-14(25,13(17)18)22(20-9)12(24)10-2-1-8(28-10)6-21-5-7(4-19-21)23(26)27/h1-2,4-5,11,13,25H,3,6H2/t14-/m1/s1. The van der Waals surface area contributed by atoms with Crippen molar-refractivity contribution in [2.45, 2.75) is 31.5 Å². The van der Waals surface area contributed by atoms with Gasteiger partial charge < -0.3 is 9.52 Å². The van der Waals surface area contributed by atoms with Crippen molar-refractivity contribution in [3.8, 4) is 0 Å². The Morgan fingerprint density at radius 1 is 1.39 bits per heavy atom. The lowest BCUT2D eigenvalue weighted by molar-refractivity contribution is -0.385. The fourth-order valence-electron chi connectivity index (χ4n) is 2.48. The van der Waals surface area contributed by atoms with Gasteiger partial charge in [0, 0.05) is 6.42 Å². The molecule has 1 aliphatic rings. The average molecular weight is 405 g/mol. The molecule has 1 aliphatic heterocycles. The van der Waals surface area contributed by atoms with Gasteiger partial charge in [-0.25, -0.2) is 17.6 Å². The summed E-state index contributed by atoms with van der Waals surface area (Å²) in [7, 11) is 0. The first-order valence-electron chi connectivity index (χ1n) is 7.58. The highest BCUT2D eigenvalue weighted by molar-refractivity contribution is 5.97. The lowest BCUT2D eigenvalue weighted by Gasteiger charge is -2.29. The lowest BCUT2D eigenvalue weighted by Crippen LogP contribution is -2.51. The minimum Gasteiger partial charge on any atom is -0.454 e. The average Bonchev–Trinajstić information content (AvgIpc) is 3.33. The van der Waals surface area contributed by atoms with Gasteiger partial charge >= 0.3 is 11.6 Å². The lowest BCUT2D eigenvalue weighted by atomic mass is 10.1. The summed E-state index contributed by atoms with van der Waals surface area (Å²) in [6.45, 7) is -0.133. The summed E-state index contributed by atoms with van der Waals surface area (Å²) >= 11 is 0. The maximum atomic E-state index is 13.2. The minimum atomic E-state index is -3.56. The molecule has 0 fully saturated rings. The molecule has 150 valence electrons. The molecule has 2 aromatic heterocycles. The Hall–Kier alpha value is -3.29. The second kappa shape index (κ2) is 7.03. The number of hydrogen-bond donors (Lipinski definition) is 1. The molecule has 3 rings (SSSR count). The molecule has 0 radical (unpaired) electrons. The van der Waals surface area contributed by atoms with Crippen LogP contribution in [0.3, 0.4) is 0 Å². The quantitative estimate of drug-likeness (QED) is 0.444. The second-order valence-corrected chi connectivity index (χ2v) is 5.78. The zero-order valence-corrected chi connectivity index (χ0v) is 13.7. The van der Waals surface area contributed by atoms with Gasteiger partial charge in [-0.1, -0.05) is 0 Å². The van der Waals surface area contributed by atoms with E-state index in [1.54, 1.807) is 0 Å². The van der Waals surface area contributed by atoms with Crippen LogP contribution in [-0.2, 0) is 6.54 Å². The maximum Gasteiger partial charge on any atom is 0.312 e. The third kappa shape index (κ3) is 3.45. The van der Waals surface area contributed by atoms with Crippen molar-refractivity contribution in [1.82, 2.24) is 14.8 Å². The van der Waals surface area contributed by atoms with Gasteiger partial charge in [0.15, 0.2) is 5.76 Å². The van der Waals surface area contributed by atoms with Crippen LogP contribution in [0.25, 0.3) is 0 Å². The first-order chi connectivity index (χ1) is 13.1. The van der Waals surface area contributed by atoms with Gasteiger partial charge in [-0.3, -0.25) is 19.6 Å². The molecule has 0 saturated heterocycles. The number of nitrogens with zero attached hydrogens (tertiary/aromatic N) is 5. The van der Waals surface area contributed by atoms with Crippen LogP contribution in [-0.4, -0.2) is 55.0 Å². The highest BCUT2D eigenvalue weighted by Gasteiger charge is 2.54. The van der Waals surface area contributed by atoms with Crippen molar-refractivity contribution in [2.24, 2.45) is 5.10 Å². The van der Waals surface area contributed by atoms with E-state index in [2.05, 4.69) is 10.2 Å². The molecule has 0 bridgehead atoms. The molecular weight excluding hydrogens is 394 g/mol. The van der Waals surface area contributed by atoms with Crippen molar-refractivity contribution in [1.29, 1.82) is 0 Å². The number of hydrazone groups is 1. The number of nitro groups is 1. The van der Waals surface area contributed by atoms with E-state index in [4.69, 9.17) is 4.42 Å². The van der Waals surface area contributed by atoms with Crippen LogP contribution in [0.5, 0.6) is 0 Å². The first-order valence-corrected chi connectivity index (χ1v) is 7.58. The van der Waals surface area contributed by atoms with E-state index in [0.717, 1.165) is 23.1 Å². The monoisotopic (exact) mass is 405 g/mol. The number of alkyl halides is 4. The molecular formula is C14H11F4N5O5. The summed E-state index contributed by atoms with van der Waals surface area (Å²) in [5, 5.41) is 27.3. The smallest absolute Gasteiger partial charge is 0.312 e. The van der Waals surface area contributed by atoms with Gasteiger partial charge in [-0.2, -0.15) is 15.2 Å². The molecule has 0 spiro atoms.